The fourth-order valence-corrected chi connectivity index (χ4v) is 5.48. The van der Waals surface area contributed by atoms with Gasteiger partial charge in [-0.3, -0.25) is 4.72 Å². The number of sulfonamides is 1. The molecular weight excluding hydrogens is 446 g/mol. The summed E-state index contributed by atoms with van der Waals surface area (Å²) >= 11 is 0.787. The Morgan fingerprint density at radius 3 is 2.68 bits per heavy atom. The van der Waals surface area contributed by atoms with E-state index in [4.69, 9.17) is 5.73 Å². The molecule has 1 fully saturated rings. The summed E-state index contributed by atoms with van der Waals surface area (Å²) in [5.74, 6) is -1.92. The number of rotatable bonds is 9. The molecule has 3 unspecified atom stereocenters. The normalized spacial score (nSPS) is 20.4. The van der Waals surface area contributed by atoms with Gasteiger partial charge in [-0.15, -0.1) is 0 Å². The quantitative estimate of drug-likeness (QED) is 0.441. The third-order valence-corrected chi connectivity index (χ3v) is 7.51. The molecule has 1 aliphatic rings. The van der Waals surface area contributed by atoms with Crippen molar-refractivity contribution >= 4 is 32.4 Å². The van der Waals surface area contributed by atoms with Gasteiger partial charge in [0.2, 0.25) is 5.13 Å². The molecule has 2 aromatic rings. The van der Waals surface area contributed by atoms with Crippen molar-refractivity contribution in [3.63, 3.8) is 0 Å². The summed E-state index contributed by atoms with van der Waals surface area (Å²) < 4.78 is 59.6. The lowest BCUT2D eigenvalue weighted by molar-refractivity contribution is 0.352. The van der Waals surface area contributed by atoms with Gasteiger partial charge in [0.05, 0.1) is 5.69 Å². The number of aromatic nitrogens is 2. The molecule has 2 heterocycles. The Bertz CT molecular complexity index is 999. The number of nitrogens with two attached hydrogens (primary N) is 1. The van der Waals surface area contributed by atoms with Crippen LogP contribution in [0.15, 0.2) is 23.4 Å². The molecular formula is C19H28F2N6O2S2. The maximum atomic E-state index is 14.6. The Kier molecular flexibility index (Phi) is 7.14. The van der Waals surface area contributed by atoms with Gasteiger partial charge in [-0.2, -0.15) is 4.37 Å². The Morgan fingerprint density at radius 2 is 2.10 bits per heavy atom. The lowest BCUT2D eigenvalue weighted by Crippen LogP contribution is -2.37. The van der Waals surface area contributed by atoms with Crippen LogP contribution in [-0.4, -0.2) is 42.9 Å². The van der Waals surface area contributed by atoms with Gasteiger partial charge in [0.25, 0.3) is 10.0 Å². The van der Waals surface area contributed by atoms with Crippen LogP contribution in [0.5, 0.6) is 0 Å². The fourth-order valence-electron chi connectivity index (χ4n) is 3.75. The first kappa shape index (κ1) is 23.8. The van der Waals surface area contributed by atoms with Crippen molar-refractivity contribution in [1.82, 2.24) is 14.7 Å². The van der Waals surface area contributed by atoms with Crippen LogP contribution in [-0.2, 0) is 10.0 Å². The summed E-state index contributed by atoms with van der Waals surface area (Å²) in [7, 11) is -4.34. The number of anilines is 2. The van der Waals surface area contributed by atoms with Gasteiger partial charge in [-0.05, 0) is 37.2 Å². The largest absolute Gasteiger partial charge is 0.382 e. The molecule has 1 aliphatic heterocycles. The van der Waals surface area contributed by atoms with Crippen LogP contribution < -0.4 is 21.1 Å². The van der Waals surface area contributed by atoms with Gasteiger partial charge in [-0.25, -0.2) is 22.2 Å². The predicted octanol–water partition coefficient (Wildman–Crippen LogP) is 2.77. The highest BCUT2D eigenvalue weighted by molar-refractivity contribution is 7.93. The molecule has 12 heteroatoms. The van der Waals surface area contributed by atoms with E-state index < -0.39 is 26.6 Å². The molecule has 8 nitrogen and oxygen atoms in total. The SMILES string of the molecule is CC(N)C(CNc1cc(F)c(S(=O)(=O)Nc2ncns2)cc1F)CC1CC(C)(C)CN1. The van der Waals surface area contributed by atoms with Crippen LogP contribution in [0.25, 0.3) is 0 Å². The van der Waals surface area contributed by atoms with Gasteiger partial charge in [-0.1, -0.05) is 13.8 Å². The number of hydrogen-bond acceptors (Lipinski definition) is 8. The van der Waals surface area contributed by atoms with Crippen molar-refractivity contribution in [2.45, 2.75) is 50.6 Å². The second-order valence-corrected chi connectivity index (χ2v) is 11.2. The summed E-state index contributed by atoms with van der Waals surface area (Å²) in [5.41, 5.74) is 6.24. The topological polar surface area (TPSA) is 122 Å². The van der Waals surface area contributed by atoms with Crippen LogP contribution in [0.3, 0.4) is 0 Å². The third kappa shape index (κ3) is 6.09. The zero-order chi connectivity index (χ0) is 22.8. The maximum Gasteiger partial charge on any atom is 0.266 e. The summed E-state index contributed by atoms with van der Waals surface area (Å²) in [5, 5.41) is 6.35. The second kappa shape index (κ2) is 9.31. The van der Waals surface area contributed by atoms with Gasteiger partial charge in [0, 0.05) is 42.8 Å². The van der Waals surface area contributed by atoms with Gasteiger partial charge < -0.3 is 16.4 Å². The van der Waals surface area contributed by atoms with Crippen LogP contribution in [0.1, 0.15) is 33.6 Å². The molecule has 172 valence electrons. The molecule has 0 spiro atoms. The number of hydrogen-bond donors (Lipinski definition) is 4. The fraction of sp³-hybridized carbons (Fsp3) is 0.579. The summed E-state index contributed by atoms with van der Waals surface area (Å²) in [6.07, 6.45) is 2.98. The Morgan fingerprint density at radius 1 is 1.35 bits per heavy atom. The zero-order valence-electron chi connectivity index (χ0n) is 17.7. The summed E-state index contributed by atoms with van der Waals surface area (Å²) in [6.45, 7) is 7.55. The van der Waals surface area contributed by atoms with E-state index in [-0.39, 0.29) is 28.2 Å². The minimum absolute atomic E-state index is 0.0244. The molecule has 0 radical (unpaired) electrons. The minimum atomic E-state index is -4.34. The molecule has 1 aromatic heterocycles. The van der Waals surface area contributed by atoms with E-state index in [9.17, 15) is 17.2 Å². The van der Waals surface area contributed by atoms with Gasteiger partial charge >= 0.3 is 0 Å². The third-order valence-electron chi connectivity index (χ3n) is 5.45. The minimum Gasteiger partial charge on any atom is -0.382 e. The van der Waals surface area contributed by atoms with Crippen molar-refractivity contribution in [3.05, 3.63) is 30.1 Å². The van der Waals surface area contributed by atoms with Crippen LogP contribution in [0.4, 0.5) is 19.6 Å². The number of nitrogens with zero attached hydrogens (tertiary/aromatic N) is 2. The average Bonchev–Trinajstić information content (AvgIpc) is 3.29. The van der Waals surface area contributed by atoms with E-state index in [0.717, 1.165) is 43.3 Å². The van der Waals surface area contributed by atoms with Crippen molar-refractivity contribution in [2.24, 2.45) is 17.1 Å². The number of halogens is 2. The molecule has 31 heavy (non-hydrogen) atoms. The van der Waals surface area contributed by atoms with Crippen LogP contribution in [0, 0.1) is 23.0 Å². The Balaban J connectivity index is 1.69. The monoisotopic (exact) mass is 474 g/mol. The molecule has 3 atom stereocenters. The molecule has 1 aromatic carbocycles. The van der Waals surface area contributed by atoms with Crippen molar-refractivity contribution < 1.29 is 17.2 Å². The summed E-state index contributed by atoms with van der Waals surface area (Å²) in [6, 6.07) is 1.66. The first-order chi connectivity index (χ1) is 14.5. The zero-order valence-corrected chi connectivity index (χ0v) is 19.3. The lowest BCUT2D eigenvalue weighted by atomic mass is 9.86. The van der Waals surface area contributed by atoms with Crippen LogP contribution >= 0.6 is 11.5 Å². The smallest absolute Gasteiger partial charge is 0.266 e. The van der Waals surface area contributed by atoms with E-state index >= 15 is 0 Å². The molecule has 0 saturated carbocycles. The second-order valence-electron chi connectivity index (χ2n) is 8.80. The van der Waals surface area contributed by atoms with Crippen molar-refractivity contribution in [3.8, 4) is 0 Å². The standard InChI is InChI=1S/C19H28F2N6O2S2/c1-11(22)12(4-13-7-19(2,3)9-24-13)8-23-16-5-15(21)17(6-14(16)20)31(28,29)27-18-25-10-26-30-18/h5-6,10-13,23-24H,4,7-9,22H2,1-3H3,(H,25,26,27). The van der Waals surface area contributed by atoms with Crippen molar-refractivity contribution in [1.29, 1.82) is 0 Å². The van der Waals surface area contributed by atoms with E-state index in [0.29, 0.717) is 18.7 Å². The maximum absolute atomic E-state index is 14.6. The van der Waals surface area contributed by atoms with E-state index in [1.165, 1.54) is 0 Å². The molecule has 0 amide bonds. The van der Waals surface area contributed by atoms with E-state index in [2.05, 4.69) is 38.6 Å². The molecule has 3 rings (SSSR count). The molecule has 0 aliphatic carbocycles. The van der Waals surface area contributed by atoms with Crippen molar-refractivity contribution in [2.75, 3.05) is 23.1 Å². The molecule has 1 saturated heterocycles. The van der Waals surface area contributed by atoms with E-state index in [1.807, 2.05) is 6.92 Å². The first-order valence-corrected chi connectivity index (χ1v) is 12.2. The first-order valence-electron chi connectivity index (χ1n) is 9.98. The Labute approximate surface area is 185 Å². The number of nitrogens with one attached hydrogen (secondary N) is 3. The highest BCUT2D eigenvalue weighted by Crippen LogP contribution is 2.31. The lowest BCUT2D eigenvalue weighted by Gasteiger charge is -2.25. The highest BCUT2D eigenvalue weighted by Gasteiger charge is 2.32. The van der Waals surface area contributed by atoms with Gasteiger partial charge in [0.15, 0.2) is 0 Å². The van der Waals surface area contributed by atoms with Gasteiger partial charge in [0.1, 0.15) is 22.9 Å². The predicted molar refractivity (Wildman–Crippen MR) is 118 cm³/mol. The molecule has 0 bridgehead atoms. The Hall–Kier alpha value is -1.89. The number of benzene rings is 1. The van der Waals surface area contributed by atoms with E-state index in [1.54, 1.807) is 0 Å². The van der Waals surface area contributed by atoms with Crippen LogP contribution in [0.2, 0.25) is 0 Å². The average molecular weight is 475 g/mol. The molecule has 5 N–H and O–H groups in total. The highest BCUT2D eigenvalue weighted by atomic mass is 32.2. The summed E-state index contributed by atoms with van der Waals surface area (Å²) in [4.78, 5) is 2.89.